The third kappa shape index (κ3) is 5.20. The number of benzene rings is 2. The maximum atomic E-state index is 14.7. The molecule has 2 aromatic heterocycles. The molecule has 2 heterocycles. The second-order valence-electron chi connectivity index (χ2n) is 7.91. The Bertz CT molecular complexity index is 1270. The number of rotatable bonds is 6. The van der Waals surface area contributed by atoms with Gasteiger partial charge in [-0.05, 0) is 58.3 Å². The molecule has 4 aromatic rings. The molecule has 0 saturated heterocycles. The molecule has 1 N–H and O–H groups in total. The minimum atomic E-state index is -0.646. The Morgan fingerprint density at radius 3 is 2.76 bits per heavy atom. The van der Waals surface area contributed by atoms with Crippen LogP contribution in [0.2, 0.25) is 0 Å². The predicted molar refractivity (Wildman–Crippen MR) is 120 cm³/mol. The summed E-state index contributed by atoms with van der Waals surface area (Å²) in [6.07, 6.45) is 2.67. The number of nitrogens with zero attached hydrogens (tertiary/aromatic N) is 5. The van der Waals surface area contributed by atoms with Crippen molar-refractivity contribution < 1.29 is 13.9 Å². The standard InChI is InChI=1S/C24H23FN6O2/c1-15(2)23-28-29-30-31(23)19-10-18(21-7-6-16(3)9-22(21)25)11-20(12-19)33-24(32)27-14-17-5-4-8-26-13-17/h4-13,15H,14H2,1-3H3,(H,27,32). The molecule has 0 spiro atoms. The first-order valence-corrected chi connectivity index (χ1v) is 10.5. The summed E-state index contributed by atoms with van der Waals surface area (Å²) in [7, 11) is 0. The van der Waals surface area contributed by atoms with Gasteiger partial charge in [-0.2, -0.15) is 4.68 Å². The topological polar surface area (TPSA) is 94.8 Å². The van der Waals surface area contributed by atoms with Gasteiger partial charge < -0.3 is 10.1 Å². The smallest absolute Gasteiger partial charge is 0.410 e. The number of amides is 1. The molecular formula is C24H23FN6O2. The van der Waals surface area contributed by atoms with Gasteiger partial charge in [0.2, 0.25) is 0 Å². The number of carbonyl (C=O) groups is 1. The highest BCUT2D eigenvalue weighted by atomic mass is 19.1. The third-order valence-electron chi connectivity index (χ3n) is 4.95. The van der Waals surface area contributed by atoms with Crippen LogP contribution in [0.4, 0.5) is 9.18 Å². The Morgan fingerprint density at radius 2 is 2.03 bits per heavy atom. The molecule has 0 saturated carbocycles. The van der Waals surface area contributed by atoms with Crippen LogP contribution in [0.1, 0.15) is 36.7 Å². The van der Waals surface area contributed by atoms with E-state index >= 15 is 0 Å². The largest absolute Gasteiger partial charge is 0.412 e. The molecule has 0 radical (unpaired) electrons. The van der Waals surface area contributed by atoms with Crippen LogP contribution in [0.5, 0.6) is 5.75 Å². The van der Waals surface area contributed by atoms with Gasteiger partial charge in [-0.3, -0.25) is 4.98 Å². The summed E-state index contributed by atoms with van der Waals surface area (Å²) >= 11 is 0. The van der Waals surface area contributed by atoms with Crippen molar-refractivity contribution in [2.75, 3.05) is 0 Å². The van der Waals surface area contributed by atoms with E-state index in [0.29, 0.717) is 22.6 Å². The van der Waals surface area contributed by atoms with Gasteiger partial charge in [0.05, 0.1) is 5.69 Å². The zero-order valence-electron chi connectivity index (χ0n) is 18.5. The van der Waals surface area contributed by atoms with Crippen LogP contribution in [0.15, 0.2) is 60.9 Å². The summed E-state index contributed by atoms with van der Waals surface area (Å²) in [4.78, 5) is 16.5. The number of halogens is 1. The molecule has 0 unspecified atom stereocenters. The number of pyridine rings is 1. The number of hydrogen-bond donors (Lipinski definition) is 1. The van der Waals surface area contributed by atoms with Gasteiger partial charge in [-0.1, -0.05) is 32.0 Å². The molecule has 8 nitrogen and oxygen atoms in total. The van der Waals surface area contributed by atoms with E-state index in [0.717, 1.165) is 11.1 Å². The number of aryl methyl sites for hydroxylation is 1. The maximum absolute atomic E-state index is 14.7. The predicted octanol–water partition coefficient (Wildman–Crippen LogP) is 4.58. The molecule has 0 aliphatic heterocycles. The van der Waals surface area contributed by atoms with E-state index in [-0.39, 0.29) is 24.0 Å². The summed E-state index contributed by atoms with van der Waals surface area (Å²) in [5.41, 5.74) is 3.10. The molecule has 4 rings (SSSR count). The minimum absolute atomic E-state index is 0.0481. The van der Waals surface area contributed by atoms with Crippen LogP contribution in [-0.2, 0) is 6.54 Å². The number of tetrazole rings is 1. The third-order valence-corrected chi connectivity index (χ3v) is 4.95. The normalized spacial score (nSPS) is 10.9. The van der Waals surface area contributed by atoms with Crippen molar-refractivity contribution in [2.24, 2.45) is 0 Å². The molecule has 2 aromatic carbocycles. The van der Waals surface area contributed by atoms with Crippen LogP contribution in [0, 0.1) is 12.7 Å². The van der Waals surface area contributed by atoms with Crippen molar-refractivity contribution in [1.29, 1.82) is 0 Å². The number of aromatic nitrogens is 5. The maximum Gasteiger partial charge on any atom is 0.412 e. The Morgan fingerprint density at radius 1 is 1.18 bits per heavy atom. The monoisotopic (exact) mass is 446 g/mol. The van der Waals surface area contributed by atoms with Gasteiger partial charge in [0.1, 0.15) is 11.6 Å². The Balaban J connectivity index is 1.68. The first kappa shape index (κ1) is 22.1. The number of nitrogens with one attached hydrogen (secondary N) is 1. The first-order chi connectivity index (χ1) is 15.9. The van der Waals surface area contributed by atoms with Gasteiger partial charge >= 0.3 is 6.09 Å². The fourth-order valence-electron chi connectivity index (χ4n) is 3.33. The SMILES string of the molecule is Cc1ccc(-c2cc(OC(=O)NCc3cccnc3)cc(-n3nnnc3C(C)C)c2)c(F)c1. The van der Waals surface area contributed by atoms with Crippen LogP contribution in [0.25, 0.3) is 16.8 Å². The highest BCUT2D eigenvalue weighted by Crippen LogP contribution is 2.31. The zero-order valence-corrected chi connectivity index (χ0v) is 18.5. The quantitative estimate of drug-likeness (QED) is 0.466. The van der Waals surface area contributed by atoms with Gasteiger partial charge in [-0.25, -0.2) is 9.18 Å². The van der Waals surface area contributed by atoms with E-state index in [1.807, 2.05) is 32.9 Å². The van der Waals surface area contributed by atoms with Crippen LogP contribution in [0.3, 0.4) is 0 Å². The van der Waals surface area contributed by atoms with Gasteiger partial charge in [0.15, 0.2) is 5.82 Å². The molecule has 0 aliphatic rings. The molecule has 0 bridgehead atoms. The fraction of sp³-hybridized carbons (Fsp3) is 0.208. The summed E-state index contributed by atoms with van der Waals surface area (Å²) < 4.78 is 21.8. The average Bonchev–Trinajstić information content (AvgIpc) is 3.29. The van der Waals surface area contributed by atoms with Crippen LogP contribution < -0.4 is 10.1 Å². The molecular weight excluding hydrogens is 423 g/mol. The van der Waals surface area contributed by atoms with Gasteiger partial charge in [-0.15, -0.1) is 5.10 Å². The lowest BCUT2D eigenvalue weighted by molar-refractivity contribution is 0.200. The van der Waals surface area contributed by atoms with Crippen molar-refractivity contribution in [3.05, 3.63) is 83.7 Å². The number of carbonyl (C=O) groups excluding carboxylic acids is 1. The lowest BCUT2D eigenvalue weighted by Gasteiger charge is -2.13. The summed E-state index contributed by atoms with van der Waals surface area (Å²) in [6, 6.07) is 13.6. The molecule has 0 aliphatic carbocycles. The number of ether oxygens (including phenoxy) is 1. The molecule has 168 valence electrons. The van der Waals surface area contributed by atoms with Crippen LogP contribution in [-0.4, -0.2) is 31.3 Å². The van der Waals surface area contributed by atoms with E-state index in [1.54, 1.807) is 47.4 Å². The summed E-state index contributed by atoms with van der Waals surface area (Å²) in [5.74, 6) is 0.534. The first-order valence-electron chi connectivity index (χ1n) is 10.5. The van der Waals surface area contributed by atoms with E-state index in [4.69, 9.17) is 4.74 Å². The van der Waals surface area contributed by atoms with E-state index < -0.39 is 6.09 Å². The Labute approximate surface area is 190 Å². The fourth-order valence-corrected chi connectivity index (χ4v) is 3.33. The lowest BCUT2D eigenvalue weighted by atomic mass is 10.0. The lowest BCUT2D eigenvalue weighted by Crippen LogP contribution is -2.26. The second-order valence-corrected chi connectivity index (χ2v) is 7.91. The minimum Gasteiger partial charge on any atom is -0.410 e. The van der Waals surface area contributed by atoms with Crippen molar-refractivity contribution in [3.63, 3.8) is 0 Å². The zero-order chi connectivity index (χ0) is 23.4. The van der Waals surface area contributed by atoms with Crippen molar-refractivity contribution in [3.8, 4) is 22.6 Å². The van der Waals surface area contributed by atoms with Crippen molar-refractivity contribution >= 4 is 6.09 Å². The molecule has 9 heteroatoms. The van der Waals surface area contributed by atoms with Crippen LogP contribution >= 0.6 is 0 Å². The van der Waals surface area contributed by atoms with E-state index in [1.165, 1.54) is 6.07 Å². The number of hydrogen-bond acceptors (Lipinski definition) is 6. The molecule has 33 heavy (non-hydrogen) atoms. The molecule has 1 amide bonds. The molecule has 0 fully saturated rings. The van der Waals surface area contributed by atoms with Crippen molar-refractivity contribution in [1.82, 2.24) is 30.5 Å². The Hall–Kier alpha value is -4.14. The van der Waals surface area contributed by atoms with Gasteiger partial charge in [0.25, 0.3) is 0 Å². The highest BCUT2D eigenvalue weighted by molar-refractivity contribution is 5.74. The molecule has 0 atom stereocenters. The average molecular weight is 446 g/mol. The van der Waals surface area contributed by atoms with E-state index in [9.17, 15) is 9.18 Å². The second kappa shape index (κ2) is 9.56. The van der Waals surface area contributed by atoms with Crippen molar-refractivity contribution in [2.45, 2.75) is 33.2 Å². The summed E-state index contributed by atoms with van der Waals surface area (Å²) in [5, 5.41) is 14.6. The Kier molecular flexibility index (Phi) is 6.39. The summed E-state index contributed by atoms with van der Waals surface area (Å²) in [6.45, 7) is 6.01. The highest BCUT2D eigenvalue weighted by Gasteiger charge is 2.17. The van der Waals surface area contributed by atoms with Gasteiger partial charge in [0, 0.05) is 36.5 Å². The van der Waals surface area contributed by atoms with E-state index in [2.05, 4.69) is 25.8 Å².